The van der Waals surface area contributed by atoms with Crippen LogP contribution in [0, 0.1) is 5.82 Å². The van der Waals surface area contributed by atoms with Crippen molar-refractivity contribution in [3.63, 3.8) is 0 Å². The summed E-state index contributed by atoms with van der Waals surface area (Å²) < 4.78 is 17.9. The maximum atomic E-state index is 13.1. The third-order valence-electron chi connectivity index (χ3n) is 2.63. The molecule has 3 nitrogen and oxygen atoms in total. The molecule has 2 aromatic rings. The Kier molecular flexibility index (Phi) is 3.46. The molecule has 0 saturated carbocycles. The number of ether oxygens (including phenoxy) is 1. The molecule has 0 amide bonds. The van der Waals surface area contributed by atoms with Crippen molar-refractivity contribution in [1.82, 2.24) is 4.98 Å². The van der Waals surface area contributed by atoms with Gasteiger partial charge in [-0.2, -0.15) is 0 Å². The van der Waals surface area contributed by atoms with Gasteiger partial charge in [0.05, 0.1) is 6.61 Å². The third-order valence-corrected chi connectivity index (χ3v) is 2.63. The first-order chi connectivity index (χ1) is 8.60. The number of allylic oxidation sites excluding steroid dienone is 1. The van der Waals surface area contributed by atoms with Crippen molar-refractivity contribution in [2.24, 2.45) is 0 Å². The lowest BCUT2D eigenvalue weighted by atomic mass is 10.2. The van der Waals surface area contributed by atoms with Crippen molar-refractivity contribution < 1.29 is 13.9 Å². The Morgan fingerprint density at radius 1 is 1.44 bits per heavy atom. The number of aromatic amines is 1. The van der Waals surface area contributed by atoms with Crippen molar-refractivity contribution >= 4 is 22.4 Å². The van der Waals surface area contributed by atoms with E-state index >= 15 is 0 Å². The number of fused-ring (bicyclic) bond motifs is 1. The van der Waals surface area contributed by atoms with Crippen molar-refractivity contribution in [1.29, 1.82) is 0 Å². The molecule has 1 aromatic carbocycles. The second kappa shape index (κ2) is 5.04. The molecule has 94 valence electrons. The maximum Gasteiger partial charge on any atom is 0.331 e. The van der Waals surface area contributed by atoms with Crippen molar-refractivity contribution in [3.8, 4) is 0 Å². The number of carbonyl (C=O) groups is 1. The molecular weight excluding hydrogens is 233 g/mol. The van der Waals surface area contributed by atoms with E-state index in [1.54, 1.807) is 19.9 Å². The molecule has 0 unspecified atom stereocenters. The molecule has 0 fully saturated rings. The number of rotatable bonds is 3. The van der Waals surface area contributed by atoms with Gasteiger partial charge in [0, 0.05) is 22.7 Å². The normalized spacial score (nSPS) is 11.8. The second-order valence-corrected chi connectivity index (χ2v) is 3.99. The van der Waals surface area contributed by atoms with Crippen LogP contribution < -0.4 is 0 Å². The summed E-state index contributed by atoms with van der Waals surface area (Å²) in [7, 11) is 0. The summed E-state index contributed by atoms with van der Waals surface area (Å²) in [5, 5.41) is 0.779. The number of H-pyrrole nitrogens is 1. The maximum absolute atomic E-state index is 13.1. The van der Waals surface area contributed by atoms with E-state index < -0.39 is 0 Å². The molecule has 0 bridgehead atoms. The zero-order valence-corrected chi connectivity index (χ0v) is 10.3. The van der Waals surface area contributed by atoms with Crippen LogP contribution in [0.25, 0.3) is 16.5 Å². The van der Waals surface area contributed by atoms with Crippen LogP contribution in [0.4, 0.5) is 4.39 Å². The molecule has 0 radical (unpaired) electrons. The van der Waals surface area contributed by atoms with Gasteiger partial charge >= 0.3 is 5.97 Å². The van der Waals surface area contributed by atoms with Gasteiger partial charge in [-0.1, -0.05) is 0 Å². The van der Waals surface area contributed by atoms with Gasteiger partial charge in [-0.25, -0.2) is 9.18 Å². The molecule has 4 heteroatoms. The van der Waals surface area contributed by atoms with Gasteiger partial charge in [0.2, 0.25) is 0 Å². The Labute approximate surface area is 104 Å². The Bertz CT molecular complexity index is 613. The summed E-state index contributed by atoms with van der Waals surface area (Å²) in [6.07, 6.45) is 1.42. The molecule has 0 spiro atoms. The zero-order chi connectivity index (χ0) is 13.1. The first-order valence-electron chi connectivity index (χ1n) is 5.74. The predicted molar refractivity (Wildman–Crippen MR) is 68.5 cm³/mol. The van der Waals surface area contributed by atoms with Crippen LogP contribution in [0.1, 0.15) is 19.5 Å². The zero-order valence-electron chi connectivity index (χ0n) is 10.3. The van der Waals surface area contributed by atoms with Crippen LogP contribution in [0.3, 0.4) is 0 Å². The minimum Gasteiger partial charge on any atom is -0.463 e. The van der Waals surface area contributed by atoms with Crippen LogP contribution in [-0.4, -0.2) is 17.6 Å². The first-order valence-corrected chi connectivity index (χ1v) is 5.74. The Hall–Kier alpha value is -2.10. The molecule has 1 aromatic heterocycles. The highest BCUT2D eigenvalue weighted by atomic mass is 19.1. The minimum atomic E-state index is -0.375. The Morgan fingerprint density at radius 3 is 2.94 bits per heavy atom. The van der Waals surface area contributed by atoms with E-state index in [-0.39, 0.29) is 11.8 Å². The van der Waals surface area contributed by atoms with Gasteiger partial charge in [0.25, 0.3) is 0 Å². The number of aromatic nitrogens is 1. The molecule has 0 atom stereocenters. The smallest absolute Gasteiger partial charge is 0.331 e. The molecule has 1 N–H and O–H groups in total. The molecule has 1 heterocycles. The summed E-state index contributed by atoms with van der Waals surface area (Å²) in [4.78, 5) is 14.5. The highest BCUT2D eigenvalue weighted by Gasteiger charge is 2.05. The monoisotopic (exact) mass is 247 g/mol. The van der Waals surface area contributed by atoms with E-state index in [1.165, 1.54) is 18.2 Å². The van der Waals surface area contributed by atoms with E-state index in [2.05, 4.69) is 4.98 Å². The highest BCUT2D eigenvalue weighted by Crippen LogP contribution is 2.21. The number of carbonyl (C=O) groups excluding carboxylic acids is 1. The van der Waals surface area contributed by atoms with Crippen LogP contribution in [0.5, 0.6) is 0 Å². The Balaban J connectivity index is 2.33. The fourth-order valence-corrected chi connectivity index (χ4v) is 1.75. The van der Waals surface area contributed by atoms with Crippen LogP contribution in [-0.2, 0) is 9.53 Å². The van der Waals surface area contributed by atoms with Crippen molar-refractivity contribution in [2.45, 2.75) is 13.8 Å². The highest BCUT2D eigenvalue weighted by molar-refractivity contribution is 5.92. The number of halogens is 1. The molecule has 0 saturated heterocycles. The third kappa shape index (κ3) is 2.59. The average molecular weight is 247 g/mol. The largest absolute Gasteiger partial charge is 0.463 e. The van der Waals surface area contributed by atoms with E-state index in [4.69, 9.17) is 4.74 Å². The van der Waals surface area contributed by atoms with Crippen molar-refractivity contribution in [2.75, 3.05) is 6.61 Å². The number of benzene rings is 1. The van der Waals surface area contributed by atoms with Crippen LogP contribution in [0.2, 0.25) is 0 Å². The summed E-state index contributed by atoms with van der Waals surface area (Å²) in [6.45, 7) is 3.91. The van der Waals surface area contributed by atoms with Gasteiger partial charge in [-0.3, -0.25) is 0 Å². The minimum absolute atomic E-state index is 0.278. The Morgan fingerprint density at radius 2 is 2.22 bits per heavy atom. The molecule has 0 aliphatic carbocycles. The van der Waals surface area contributed by atoms with Gasteiger partial charge in [0.1, 0.15) is 5.82 Å². The molecular formula is C14H14FNO2. The summed E-state index contributed by atoms with van der Waals surface area (Å²) in [6, 6.07) is 6.33. The molecule has 0 aliphatic rings. The average Bonchev–Trinajstić information content (AvgIpc) is 2.72. The fourth-order valence-electron chi connectivity index (χ4n) is 1.75. The lowest BCUT2D eigenvalue weighted by molar-refractivity contribution is -0.137. The number of hydrogen-bond donors (Lipinski definition) is 1. The number of hydrogen-bond acceptors (Lipinski definition) is 2. The summed E-state index contributed by atoms with van der Waals surface area (Å²) in [5.41, 5.74) is 2.37. The van der Waals surface area contributed by atoms with E-state index in [1.807, 2.05) is 6.07 Å². The quantitative estimate of drug-likeness (QED) is 0.668. The van der Waals surface area contributed by atoms with E-state index in [9.17, 15) is 9.18 Å². The standard InChI is InChI=1S/C14H14FNO2/c1-3-18-14(17)6-9(2)13-8-10-7-11(15)4-5-12(10)16-13/h4-8,16H,3H2,1-2H3/b9-6+. The predicted octanol–water partition coefficient (Wildman–Crippen LogP) is 3.27. The van der Waals surface area contributed by atoms with Gasteiger partial charge in [-0.05, 0) is 43.7 Å². The summed E-state index contributed by atoms with van der Waals surface area (Å²) >= 11 is 0. The van der Waals surface area contributed by atoms with Crippen LogP contribution >= 0.6 is 0 Å². The fraction of sp³-hybridized carbons (Fsp3) is 0.214. The van der Waals surface area contributed by atoms with Gasteiger partial charge in [-0.15, -0.1) is 0 Å². The van der Waals surface area contributed by atoms with Gasteiger partial charge in [0.15, 0.2) is 0 Å². The molecule has 0 aliphatic heterocycles. The van der Waals surface area contributed by atoms with Crippen LogP contribution in [0.15, 0.2) is 30.3 Å². The van der Waals surface area contributed by atoms with E-state index in [0.717, 1.165) is 22.2 Å². The summed E-state index contributed by atoms with van der Waals surface area (Å²) in [5.74, 6) is -0.653. The lowest BCUT2D eigenvalue weighted by Gasteiger charge is -1.98. The first kappa shape index (κ1) is 12.4. The lowest BCUT2D eigenvalue weighted by Crippen LogP contribution is -2.00. The molecule has 18 heavy (non-hydrogen) atoms. The van der Waals surface area contributed by atoms with E-state index in [0.29, 0.717) is 6.61 Å². The SMILES string of the molecule is CCOC(=O)/C=C(\C)c1cc2cc(F)ccc2[nH]1. The number of nitrogens with one attached hydrogen (secondary N) is 1. The second-order valence-electron chi connectivity index (χ2n) is 3.99. The van der Waals surface area contributed by atoms with Gasteiger partial charge < -0.3 is 9.72 Å². The number of esters is 1. The molecule has 2 rings (SSSR count). The topological polar surface area (TPSA) is 42.1 Å². The van der Waals surface area contributed by atoms with Crippen molar-refractivity contribution in [3.05, 3.63) is 41.9 Å².